The molecule has 5 heteroatoms. The molecule has 0 aliphatic heterocycles. The van der Waals surface area contributed by atoms with Crippen LogP contribution in [0.3, 0.4) is 0 Å². The van der Waals surface area contributed by atoms with Crippen LogP contribution < -0.4 is 10.1 Å². The molecular weight excluding hydrogens is 328 g/mol. The Balaban J connectivity index is 1.70. The van der Waals surface area contributed by atoms with Gasteiger partial charge in [0.25, 0.3) is 5.91 Å². The van der Waals surface area contributed by atoms with Gasteiger partial charge < -0.3 is 9.15 Å². The second-order valence-corrected chi connectivity index (χ2v) is 5.94. The Kier molecular flexibility index (Phi) is 5.04. The molecule has 0 saturated heterocycles. The smallest absolute Gasteiger partial charge is 0.264 e. The number of benzene rings is 2. The Morgan fingerprint density at radius 2 is 1.92 bits per heavy atom. The maximum Gasteiger partial charge on any atom is 0.264 e. The summed E-state index contributed by atoms with van der Waals surface area (Å²) in [6, 6.07) is 18.8. The van der Waals surface area contributed by atoms with E-state index in [2.05, 4.69) is 5.32 Å². The number of nitrogens with zero attached hydrogens (tertiary/aromatic N) is 1. The molecule has 1 N–H and O–H groups in total. The molecule has 0 spiro atoms. The first kappa shape index (κ1) is 17.3. The lowest BCUT2D eigenvalue weighted by molar-refractivity contribution is -0.118. The summed E-state index contributed by atoms with van der Waals surface area (Å²) in [5.41, 5.74) is 3.10. The van der Waals surface area contributed by atoms with Gasteiger partial charge in [-0.25, -0.2) is 0 Å². The van der Waals surface area contributed by atoms with Crippen LogP contribution in [0.15, 0.2) is 59.0 Å². The summed E-state index contributed by atoms with van der Waals surface area (Å²) in [7, 11) is 0. The second kappa shape index (κ2) is 7.58. The molecule has 1 amide bonds. The van der Waals surface area contributed by atoms with Crippen LogP contribution in [0.25, 0.3) is 11.3 Å². The zero-order chi connectivity index (χ0) is 18.5. The minimum Gasteiger partial charge on any atom is -0.483 e. The van der Waals surface area contributed by atoms with E-state index in [4.69, 9.17) is 9.15 Å². The molecule has 1 aromatic heterocycles. The van der Waals surface area contributed by atoms with Crippen molar-refractivity contribution in [2.45, 2.75) is 13.8 Å². The average Bonchev–Trinajstić information content (AvgIpc) is 3.06. The van der Waals surface area contributed by atoms with E-state index in [-0.39, 0.29) is 18.1 Å². The van der Waals surface area contributed by atoms with Gasteiger partial charge in [0.15, 0.2) is 6.61 Å². The molecule has 3 aromatic rings. The third kappa shape index (κ3) is 3.93. The molecule has 130 valence electrons. The summed E-state index contributed by atoms with van der Waals surface area (Å²) in [5.74, 6) is 0.912. The zero-order valence-electron chi connectivity index (χ0n) is 14.6. The summed E-state index contributed by atoms with van der Waals surface area (Å²) < 4.78 is 11.2. The van der Waals surface area contributed by atoms with E-state index in [9.17, 15) is 10.1 Å². The van der Waals surface area contributed by atoms with Crippen LogP contribution in [0.1, 0.15) is 16.7 Å². The molecule has 0 fully saturated rings. The fraction of sp³-hybridized carbons (Fsp3) is 0.143. The van der Waals surface area contributed by atoms with Crippen molar-refractivity contribution in [2.24, 2.45) is 0 Å². The van der Waals surface area contributed by atoms with E-state index >= 15 is 0 Å². The van der Waals surface area contributed by atoms with Gasteiger partial charge in [-0.3, -0.25) is 10.1 Å². The standard InChI is InChI=1S/C21H18N2O3/c1-14-8-9-15(2)18(10-14)25-13-20(24)23-21-17(12-22)11-19(26-21)16-6-4-3-5-7-16/h3-11H,13H2,1-2H3,(H,23,24). The molecule has 3 rings (SSSR count). The molecular formula is C21H18N2O3. The Morgan fingerprint density at radius 1 is 1.15 bits per heavy atom. The SMILES string of the molecule is Cc1ccc(C)c(OCC(=O)Nc2oc(-c3ccccc3)cc2C#N)c1. The highest BCUT2D eigenvalue weighted by Gasteiger charge is 2.15. The van der Waals surface area contributed by atoms with Gasteiger partial charge in [0.05, 0.1) is 0 Å². The fourth-order valence-electron chi connectivity index (χ4n) is 2.48. The van der Waals surface area contributed by atoms with Crippen molar-refractivity contribution >= 4 is 11.8 Å². The number of hydrogen-bond acceptors (Lipinski definition) is 4. The molecule has 2 aromatic carbocycles. The van der Waals surface area contributed by atoms with Crippen molar-refractivity contribution in [3.05, 3.63) is 71.3 Å². The van der Waals surface area contributed by atoms with Gasteiger partial charge in [-0.15, -0.1) is 0 Å². The minimum atomic E-state index is -0.392. The number of nitrogens with one attached hydrogen (secondary N) is 1. The molecule has 1 heterocycles. The van der Waals surface area contributed by atoms with Gasteiger partial charge in [0.2, 0.25) is 5.88 Å². The predicted molar refractivity (Wildman–Crippen MR) is 98.9 cm³/mol. The Bertz CT molecular complexity index is 969. The average molecular weight is 346 g/mol. The fourth-order valence-corrected chi connectivity index (χ4v) is 2.48. The molecule has 0 atom stereocenters. The maximum atomic E-state index is 12.2. The Hall–Kier alpha value is -3.52. The maximum absolute atomic E-state index is 12.2. The topological polar surface area (TPSA) is 75.3 Å². The van der Waals surface area contributed by atoms with E-state index < -0.39 is 5.91 Å². The number of carbonyl (C=O) groups excluding carboxylic acids is 1. The zero-order valence-corrected chi connectivity index (χ0v) is 14.6. The highest BCUT2D eigenvalue weighted by molar-refractivity contribution is 5.92. The third-order valence-electron chi connectivity index (χ3n) is 3.87. The number of rotatable bonds is 5. The first-order valence-corrected chi connectivity index (χ1v) is 8.16. The number of hydrogen-bond donors (Lipinski definition) is 1. The van der Waals surface area contributed by atoms with Gasteiger partial charge in [0, 0.05) is 11.6 Å². The lowest BCUT2D eigenvalue weighted by Crippen LogP contribution is -2.20. The number of aryl methyl sites for hydroxylation is 2. The van der Waals surface area contributed by atoms with E-state index in [0.29, 0.717) is 11.5 Å². The molecule has 0 unspecified atom stereocenters. The number of furan rings is 1. The van der Waals surface area contributed by atoms with Crippen molar-refractivity contribution in [3.8, 4) is 23.1 Å². The Labute approximate surface area is 151 Å². The number of carbonyl (C=O) groups is 1. The van der Waals surface area contributed by atoms with E-state index in [1.807, 2.05) is 68.4 Å². The lowest BCUT2D eigenvalue weighted by atomic mass is 10.1. The molecule has 0 radical (unpaired) electrons. The molecule has 26 heavy (non-hydrogen) atoms. The van der Waals surface area contributed by atoms with Crippen molar-refractivity contribution < 1.29 is 13.9 Å². The quantitative estimate of drug-likeness (QED) is 0.740. The normalized spacial score (nSPS) is 10.2. The molecule has 0 aliphatic carbocycles. The number of amides is 1. The molecule has 0 aliphatic rings. The predicted octanol–water partition coefficient (Wildman–Crippen LogP) is 4.45. The number of nitriles is 1. The Morgan fingerprint density at radius 3 is 2.65 bits per heavy atom. The second-order valence-electron chi connectivity index (χ2n) is 5.94. The molecule has 0 saturated carbocycles. The number of ether oxygens (including phenoxy) is 1. The van der Waals surface area contributed by atoms with Gasteiger partial charge in [0.1, 0.15) is 23.1 Å². The van der Waals surface area contributed by atoms with Gasteiger partial charge in [-0.05, 0) is 31.0 Å². The van der Waals surface area contributed by atoms with Gasteiger partial charge in [-0.2, -0.15) is 5.26 Å². The van der Waals surface area contributed by atoms with Crippen molar-refractivity contribution in [1.29, 1.82) is 5.26 Å². The first-order valence-electron chi connectivity index (χ1n) is 8.16. The molecule has 0 bridgehead atoms. The van der Waals surface area contributed by atoms with Crippen molar-refractivity contribution in [1.82, 2.24) is 0 Å². The first-order chi connectivity index (χ1) is 12.6. The van der Waals surface area contributed by atoms with Crippen molar-refractivity contribution in [2.75, 3.05) is 11.9 Å². The lowest BCUT2D eigenvalue weighted by Gasteiger charge is -2.09. The van der Waals surface area contributed by atoms with E-state index in [0.717, 1.165) is 16.7 Å². The minimum absolute atomic E-state index is 0.126. The van der Waals surface area contributed by atoms with Crippen LogP contribution in [0.4, 0.5) is 5.88 Å². The van der Waals surface area contributed by atoms with Crippen LogP contribution in [0, 0.1) is 25.2 Å². The summed E-state index contributed by atoms with van der Waals surface area (Å²) in [4.78, 5) is 12.2. The highest BCUT2D eigenvalue weighted by Crippen LogP contribution is 2.28. The van der Waals surface area contributed by atoms with Crippen LogP contribution in [-0.2, 0) is 4.79 Å². The van der Waals surface area contributed by atoms with Gasteiger partial charge >= 0.3 is 0 Å². The van der Waals surface area contributed by atoms with Crippen LogP contribution in [-0.4, -0.2) is 12.5 Å². The third-order valence-corrected chi connectivity index (χ3v) is 3.87. The van der Waals surface area contributed by atoms with Gasteiger partial charge in [-0.1, -0.05) is 42.5 Å². The van der Waals surface area contributed by atoms with Crippen LogP contribution >= 0.6 is 0 Å². The number of anilines is 1. The van der Waals surface area contributed by atoms with E-state index in [1.165, 1.54) is 0 Å². The van der Waals surface area contributed by atoms with Crippen LogP contribution in [0.5, 0.6) is 5.75 Å². The van der Waals surface area contributed by atoms with Crippen molar-refractivity contribution in [3.63, 3.8) is 0 Å². The highest BCUT2D eigenvalue weighted by atomic mass is 16.5. The monoisotopic (exact) mass is 346 g/mol. The van der Waals surface area contributed by atoms with E-state index in [1.54, 1.807) is 6.07 Å². The molecule has 5 nitrogen and oxygen atoms in total. The van der Waals surface area contributed by atoms with Crippen LogP contribution in [0.2, 0.25) is 0 Å². The summed E-state index contributed by atoms with van der Waals surface area (Å²) in [5, 5.41) is 11.9. The summed E-state index contributed by atoms with van der Waals surface area (Å²) in [6.07, 6.45) is 0. The summed E-state index contributed by atoms with van der Waals surface area (Å²) in [6.45, 7) is 3.70. The summed E-state index contributed by atoms with van der Waals surface area (Å²) >= 11 is 0. The largest absolute Gasteiger partial charge is 0.483 e.